The molecule has 2 aromatic rings. The summed E-state index contributed by atoms with van der Waals surface area (Å²) in [6.07, 6.45) is 1.12. The van der Waals surface area contributed by atoms with E-state index in [1.807, 2.05) is 0 Å². The lowest BCUT2D eigenvalue weighted by Gasteiger charge is -2.15. The first-order chi connectivity index (χ1) is 17.5. The number of aliphatic carboxylic acids is 2. The number of halogens is 2. The Labute approximate surface area is 216 Å². The second-order valence-electron chi connectivity index (χ2n) is 7.22. The van der Waals surface area contributed by atoms with Gasteiger partial charge in [0, 0.05) is 40.9 Å². The van der Waals surface area contributed by atoms with E-state index in [0.29, 0.717) is 45.4 Å². The Morgan fingerprint density at radius 2 is 1.76 bits per heavy atom. The summed E-state index contributed by atoms with van der Waals surface area (Å²) in [5.74, 6) is -4.07. The minimum Gasteiger partial charge on any atom is -0.478 e. The van der Waals surface area contributed by atoms with Crippen LogP contribution in [0.4, 0.5) is 10.1 Å². The molecule has 1 amide bonds. The van der Waals surface area contributed by atoms with E-state index in [2.05, 4.69) is 15.6 Å². The lowest BCUT2D eigenvalue weighted by molar-refractivity contribution is -0.140. The average molecular weight is 532 g/mol. The molecule has 0 saturated carbocycles. The van der Waals surface area contributed by atoms with Crippen LogP contribution in [0.5, 0.6) is 0 Å². The minimum atomic E-state index is -1.26. The fraction of sp³-hybridized carbons (Fsp3) is 0.160. The maximum Gasteiger partial charge on any atom is 0.356 e. The number of nitrogens with zero attached hydrogens (tertiary/aromatic N) is 1. The highest BCUT2D eigenvalue weighted by atomic mass is 35.5. The van der Waals surface area contributed by atoms with Crippen LogP contribution in [0.15, 0.2) is 71.0 Å². The number of rotatable bonds is 6. The van der Waals surface area contributed by atoms with E-state index in [9.17, 15) is 23.6 Å². The number of aliphatic imine (C=N–C) groups is 1. The van der Waals surface area contributed by atoms with E-state index in [0.717, 1.165) is 0 Å². The third-order valence-corrected chi connectivity index (χ3v) is 4.73. The molecule has 1 aliphatic heterocycles. The number of amides is 1. The molecule has 0 aromatic heterocycles. The molecule has 0 saturated heterocycles. The number of hydrogen-bond acceptors (Lipinski definition) is 7. The van der Waals surface area contributed by atoms with Gasteiger partial charge >= 0.3 is 17.9 Å². The number of carbonyl (C=O) groups excluding carboxylic acids is 2. The Morgan fingerprint density at radius 1 is 1.11 bits per heavy atom. The van der Waals surface area contributed by atoms with Gasteiger partial charge in [0.1, 0.15) is 11.5 Å². The Kier molecular flexibility index (Phi) is 10.5. The van der Waals surface area contributed by atoms with Crippen molar-refractivity contribution in [1.29, 1.82) is 0 Å². The number of benzodiazepines with no additional fused rings is 1. The van der Waals surface area contributed by atoms with Crippen LogP contribution in [-0.4, -0.2) is 52.9 Å². The molecule has 1 aliphatic rings. The van der Waals surface area contributed by atoms with Crippen LogP contribution >= 0.6 is 11.6 Å². The first-order valence-electron chi connectivity index (χ1n) is 10.7. The van der Waals surface area contributed by atoms with Crippen molar-refractivity contribution in [2.45, 2.75) is 13.8 Å². The molecule has 0 fully saturated rings. The van der Waals surface area contributed by atoms with Gasteiger partial charge in [0.15, 0.2) is 0 Å². The highest BCUT2D eigenvalue weighted by molar-refractivity contribution is 6.31. The van der Waals surface area contributed by atoms with Gasteiger partial charge < -0.3 is 25.6 Å². The van der Waals surface area contributed by atoms with Crippen molar-refractivity contribution in [2.75, 3.05) is 18.5 Å². The molecular weight excluding hydrogens is 509 g/mol. The van der Waals surface area contributed by atoms with Crippen molar-refractivity contribution in [3.63, 3.8) is 0 Å². The van der Waals surface area contributed by atoms with Gasteiger partial charge in [-0.25, -0.2) is 18.8 Å². The number of hydrogen-bond donors (Lipinski definition) is 4. The number of carboxylic acid groups (broad SMARTS) is 2. The number of esters is 1. The summed E-state index contributed by atoms with van der Waals surface area (Å²) in [6.45, 7) is 3.09. The summed E-state index contributed by atoms with van der Waals surface area (Å²) in [5, 5.41) is 21.7. The van der Waals surface area contributed by atoms with Crippen LogP contribution in [0.2, 0.25) is 5.02 Å². The molecule has 194 valence electrons. The van der Waals surface area contributed by atoms with E-state index in [1.165, 1.54) is 13.0 Å². The monoisotopic (exact) mass is 531 g/mol. The van der Waals surface area contributed by atoms with Gasteiger partial charge in [-0.3, -0.25) is 9.79 Å². The molecular formula is C25H23ClFN3O7. The lowest BCUT2D eigenvalue weighted by Crippen LogP contribution is -2.30. The number of anilines is 1. The third-order valence-electron chi connectivity index (χ3n) is 4.50. The van der Waals surface area contributed by atoms with Gasteiger partial charge in [-0.15, -0.1) is 0 Å². The zero-order valence-electron chi connectivity index (χ0n) is 19.7. The Morgan fingerprint density at radius 3 is 2.32 bits per heavy atom. The zero-order valence-corrected chi connectivity index (χ0v) is 20.5. The van der Waals surface area contributed by atoms with Crippen LogP contribution in [0, 0.1) is 5.82 Å². The van der Waals surface area contributed by atoms with Crippen LogP contribution in [-0.2, 0) is 23.9 Å². The van der Waals surface area contributed by atoms with E-state index in [4.69, 9.17) is 26.6 Å². The molecule has 10 nitrogen and oxygen atoms in total. The Bertz CT molecular complexity index is 1290. The standard InChI is InChI=1S/C21H19ClFN3O3.C4H4O4/c1-3-29-21(28)20(25-12(2)27)18-11-24-19(14-6-4-5-7-16(14)23)15-10-13(22)8-9-17(15)26-18;5-3(6)1-2-4(7)8/h4-10,26H,3,11H2,1-2H3,(H,25,27);1-2H,(H,5,6)(H,7,8)/b20-18+;2-1-. The van der Waals surface area contributed by atoms with Gasteiger partial charge in [0.05, 0.1) is 24.6 Å². The molecule has 0 unspecified atom stereocenters. The number of carbonyl (C=O) groups is 4. The van der Waals surface area contributed by atoms with Crippen LogP contribution in [0.3, 0.4) is 0 Å². The molecule has 4 N–H and O–H groups in total. The van der Waals surface area contributed by atoms with E-state index >= 15 is 0 Å². The molecule has 0 bridgehead atoms. The molecule has 0 radical (unpaired) electrons. The smallest absolute Gasteiger partial charge is 0.356 e. The van der Waals surface area contributed by atoms with Crippen LogP contribution < -0.4 is 10.6 Å². The van der Waals surface area contributed by atoms with Crippen LogP contribution in [0.1, 0.15) is 25.0 Å². The molecule has 37 heavy (non-hydrogen) atoms. The van der Waals surface area contributed by atoms with Crippen molar-refractivity contribution in [3.8, 4) is 0 Å². The summed E-state index contributed by atoms with van der Waals surface area (Å²) in [6, 6.07) is 11.3. The van der Waals surface area contributed by atoms with E-state index in [1.54, 1.807) is 43.3 Å². The normalized spacial score (nSPS) is 13.6. The zero-order chi connectivity index (χ0) is 27.5. The van der Waals surface area contributed by atoms with Crippen molar-refractivity contribution in [2.24, 2.45) is 4.99 Å². The van der Waals surface area contributed by atoms with Crippen molar-refractivity contribution in [3.05, 3.63) is 88.0 Å². The summed E-state index contributed by atoms with van der Waals surface area (Å²) in [5.41, 5.74) is 2.11. The fourth-order valence-electron chi connectivity index (χ4n) is 3.06. The molecule has 12 heteroatoms. The Balaban J connectivity index is 0.000000521. The predicted octanol–water partition coefficient (Wildman–Crippen LogP) is 3.36. The largest absolute Gasteiger partial charge is 0.478 e. The number of benzene rings is 2. The lowest BCUT2D eigenvalue weighted by atomic mass is 10.00. The number of nitrogens with one attached hydrogen (secondary N) is 2. The average Bonchev–Trinajstić information content (AvgIpc) is 3.01. The molecule has 2 aromatic carbocycles. The number of carboxylic acids is 2. The highest BCUT2D eigenvalue weighted by Crippen LogP contribution is 2.29. The second-order valence-corrected chi connectivity index (χ2v) is 7.66. The summed E-state index contributed by atoms with van der Waals surface area (Å²) < 4.78 is 19.5. The maximum absolute atomic E-state index is 14.5. The summed E-state index contributed by atoms with van der Waals surface area (Å²) in [7, 11) is 0. The molecule has 3 rings (SSSR count). The predicted molar refractivity (Wildman–Crippen MR) is 134 cm³/mol. The second kappa shape index (κ2) is 13.5. The molecule has 0 atom stereocenters. The van der Waals surface area contributed by atoms with Gasteiger partial charge in [0.2, 0.25) is 5.91 Å². The minimum absolute atomic E-state index is 0.00953. The van der Waals surface area contributed by atoms with Gasteiger partial charge in [-0.2, -0.15) is 0 Å². The summed E-state index contributed by atoms with van der Waals surface area (Å²) in [4.78, 5) is 47.7. The van der Waals surface area contributed by atoms with Crippen LogP contribution in [0.25, 0.3) is 0 Å². The van der Waals surface area contributed by atoms with E-state index < -0.39 is 29.6 Å². The van der Waals surface area contributed by atoms with Gasteiger partial charge in [0.25, 0.3) is 0 Å². The first-order valence-corrected chi connectivity index (χ1v) is 11.1. The summed E-state index contributed by atoms with van der Waals surface area (Å²) >= 11 is 6.16. The van der Waals surface area contributed by atoms with E-state index in [-0.39, 0.29) is 18.8 Å². The SMILES string of the molecule is CCOC(=O)/C(NC(C)=O)=C1/CN=C(c2ccccc2F)c2cc(Cl)ccc2N1.O=C(O)/C=C\C(=O)O. The molecule has 1 heterocycles. The quantitative estimate of drug-likeness (QED) is 0.327. The van der Waals surface area contributed by atoms with Crippen molar-refractivity contribution < 1.29 is 38.5 Å². The number of ether oxygens (including phenoxy) is 1. The van der Waals surface area contributed by atoms with Crippen molar-refractivity contribution in [1.82, 2.24) is 5.32 Å². The topological polar surface area (TPSA) is 154 Å². The van der Waals surface area contributed by atoms with Gasteiger partial charge in [-0.05, 0) is 37.3 Å². The third kappa shape index (κ3) is 8.58. The fourth-order valence-corrected chi connectivity index (χ4v) is 3.24. The van der Waals surface area contributed by atoms with Crippen molar-refractivity contribution >= 4 is 46.8 Å². The molecule has 0 spiro atoms. The van der Waals surface area contributed by atoms with Gasteiger partial charge in [-0.1, -0.05) is 23.7 Å². The number of fused-ring (bicyclic) bond motifs is 1. The molecule has 0 aliphatic carbocycles. The maximum atomic E-state index is 14.5. The Hall–Kier alpha value is -4.51. The first kappa shape index (κ1) is 28.7. The highest BCUT2D eigenvalue weighted by Gasteiger charge is 2.24.